The summed E-state index contributed by atoms with van der Waals surface area (Å²) in [6, 6.07) is 3.58. The third kappa shape index (κ3) is 3.84. The number of hydrazone groups is 1. The van der Waals surface area contributed by atoms with Crippen LogP contribution in [0, 0.1) is 0 Å². The van der Waals surface area contributed by atoms with Gasteiger partial charge >= 0.3 is 6.18 Å². The minimum Gasteiger partial charge on any atom is -0.352 e. The molecule has 0 spiro atoms. The first-order valence-electron chi connectivity index (χ1n) is 8.05. The number of likely N-dealkylation sites (N-methyl/N-ethyl adjacent to an activating group) is 1. The number of piperazine rings is 1. The molecule has 0 aliphatic carbocycles. The summed E-state index contributed by atoms with van der Waals surface area (Å²) in [4.78, 5) is 8.92. The zero-order valence-corrected chi connectivity index (χ0v) is 13.9. The van der Waals surface area contributed by atoms with E-state index >= 15 is 0 Å². The molecule has 0 saturated carbocycles. The second kappa shape index (κ2) is 6.87. The number of hydrogen-bond donors (Lipinski definition) is 1. The van der Waals surface area contributed by atoms with Crippen molar-refractivity contribution in [2.75, 3.05) is 33.2 Å². The maximum atomic E-state index is 13.0. The molecule has 25 heavy (non-hydrogen) atoms. The molecule has 2 heterocycles. The van der Waals surface area contributed by atoms with Crippen molar-refractivity contribution in [3.63, 3.8) is 0 Å². The molecule has 5 nitrogen and oxygen atoms in total. The number of nitrogens with two attached hydrogens (primary N) is 1. The van der Waals surface area contributed by atoms with Crippen molar-refractivity contribution in [1.82, 2.24) is 9.80 Å². The number of benzene rings is 1. The van der Waals surface area contributed by atoms with Crippen LogP contribution < -0.4 is 5.84 Å². The zero-order valence-electron chi connectivity index (χ0n) is 13.9. The van der Waals surface area contributed by atoms with Crippen LogP contribution >= 0.6 is 0 Å². The van der Waals surface area contributed by atoms with E-state index in [0.717, 1.165) is 38.3 Å². The highest BCUT2D eigenvalue weighted by molar-refractivity contribution is 6.42. The quantitative estimate of drug-likeness (QED) is 0.578. The van der Waals surface area contributed by atoms with E-state index in [4.69, 9.17) is 5.84 Å². The second-order valence-corrected chi connectivity index (χ2v) is 6.18. The first kappa shape index (κ1) is 17.5. The van der Waals surface area contributed by atoms with Gasteiger partial charge in [-0.2, -0.15) is 18.3 Å². The molecule has 0 bridgehead atoms. The Balaban J connectivity index is 2.02. The number of nitrogens with zero attached hydrogens (tertiary/aromatic N) is 4. The SMILES string of the molecule is CN1CCN(C2=Nc3ccc(C(F)(F)F)cc3/C=C/C/C2=N\N)CC1. The smallest absolute Gasteiger partial charge is 0.352 e. The van der Waals surface area contributed by atoms with Crippen LogP contribution in [-0.4, -0.2) is 54.6 Å². The highest BCUT2D eigenvalue weighted by Crippen LogP contribution is 2.34. The summed E-state index contributed by atoms with van der Waals surface area (Å²) in [6.07, 6.45) is -0.536. The lowest BCUT2D eigenvalue weighted by Gasteiger charge is -2.35. The molecule has 8 heteroatoms. The molecule has 0 atom stereocenters. The highest BCUT2D eigenvalue weighted by Gasteiger charge is 2.31. The zero-order chi connectivity index (χ0) is 18.0. The first-order valence-corrected chi connectivity index (χ1v) is 8.05. The van der Waals surface area contributed by atoms with E-state index in [1.54, 1.807) is 12.2 Å². The minimum absolute atomic E-state index is 0.428. The Kier molecular flexibility index (Phi) is 4.80. The van der Waals surface area contributed by atoms with Crippen molar-refractivity contribution in [1.29, 1.82) is 0 Å². The van der Waals surface area contributed by atoms with Crippen molar-refractivity contribution >= 4 is 23.3 Å². The Morgan fingerprint density at radius 3 is 2.52 bits per heavy atom. The largest absolute Gasteiger partial charge is 0.416 e. The highest BCUT2D eigenvalue weighted by atomic mass is 19.4. The van der Waals surface area contributed by atoms with Crippen LogP contribution in [0.1, 0.15) is 17.5 Å². The number of allylic oxidation sites excluding steroid dienone is 1. The Hall–Kier alpha value is -2.35. The maximum Gasteiger partial charge on any atom is 0.416 e. The summed E-state index contributed by atoms with van der Waals surface area (Å²) in [6.45, 7) is 3.31. The maximum absolute atomic E-state index is 13.0. The van der Waals surface area contributed by atoms with Gasteiger partial charge in [0.25, 0.3) is 0 Å². The second-order valence-electron chi connectivity index (χ2n) is 6.18. The third-order valence-electron chi connectivity index (χ3n) is 4.41. The Morgan fingerprint density at radius 1 is 1.16 bits per heavy atom. The minimum atomic E-state index is -4.38. The van der Waals surface area contributed by atoms with Gasteiger partial charge in [-0.05, 0) is 25.2 Å². The van der Waals surface area contributed by atoms with Gasteiger partial charge in [0, 0.05) is 38.2 Å². The van der Waals surface area contributed by atoms with E-state index in [-0.39, 0.29) is 0 Å². The molecule has 134 valence electrons. The molecule has 0 aromatic heterocycles. The van der Waals surface area contributed by atoms with Crippen molar-refractivity contribution < 1.29 is 13.2 Å². The van der Waals surface area contributed by atoms with Gasteiger partial charge in [0.05, 0.1) is 11.3 Å². The van der Waals surface area contributed by atoms with E-state index in [1.165, 1.54) is 6.07 Å². The molecule has 1 fully saturated rings. The average molecular weight is 351 g/mol. The monoisotopic (exact) mass is 351 g/mol. The molecule has 1 saturated heterocycles. The molecule has 1 aromatic rings. The third-order valence-corrected chi connectivity index (χ3v) is 4.41. The van der Waals surface area contributed by atoms with Gasteiger partial charge in [0.15, 0.2) is 5.84 Å². The lowest BCUT2D eigenvalue weighted by molar-refractivity contribution is -0.137. The van der Waals surface area contributed by atoms with Crippen LogP contribution in [0.2, 0.25) is 0 Å². The fourth-order valence-electron chi connectivity index (χ4n) is 2.92. The van der Waals surface area contributed by atoms with E-state index in [9.17, 15) is 13.2 Å². The summed E-state index contributed by atoms with van der Waals surface area (Å²) in [7, 11) is 2.05. The first-order chi connectivity index (χ1) is 11.9. The van der Waals surface area contributed by atoms with E-state index in [1.807, 2.05) is 7.05 Å². The van der Waals surface area contributed by atoms with Gasteiger partial charge in [-0.25, -0.2) is 4.99 Å². The predicted octanol–water partition coefficient (Wildman–Crippen LogP) is 2.71. The number of fused-ring (bicyclic) bond motifs is 1. The van der Waals surface area contributed by atoms with Crippen LogP contribution in [0.3, 0.4) is 0 Å². The van der Waals surface area contributed by atoms with Crippen LogP contribution in [-0.2, 0) is 6.18 Å². The van der Waals surface area contributed by atoms with Crippen LogP contribution in [0.5, 0.6) is 0 Å². The summed E-state index contributed by atoms with van der Waals surface area (Å²) >= 11 is 0. The Bertz CT molecular complexity index is 728. The van der Waals surface area contributed by atoms with Gasteiger partial charge in [-0.1, -0.05) is 12.2 Å². The molecular weight excluding hydrogens is 331 g/mol. The average Bonchev–Trinajstić information content (AvgIpc) is 2.55. The van der Waals surface area contributed by atoms with Crippen LogP contribution in [0.15, 0.2) is 34.4 Å². The van der Waals surface area contributed by atoms with Gasteiger partial charge < -0.3 is 15.6 Å². The predicted molar refractivity (Wildman–Crippen MR) is 92.9 cm³/mol. The van der Waals surface area contributed by atoms with E-state index < -0.39 is 11.7 Å². The van der Waals surface area contributed by atoms with Crippen LogP contribution in [0.4, 0.5) is 18.9 Å². The molecule has 2 aliphatic heterocycles. The number of halogens is 3. The number of amidine groups is 1. The topological polar surface area (TPSA) is 57.2 Å². The number of hydrogen-bond acceptors (Lipinski definition) is 5. The molecule has 0 radical (unpaired) electrons. The van der Waals surface area contributed by atoms with Gasteiger partial charge in [-0.3, -0.25) is 0 Å². The normalized spacial score (nSPS) is 22.2. The molecule has 0 unspecified atom stereocenters. The summed E-state index contributed by atoms with van der Waals surface area (Å²) in [5.41, 5.74) is 0.878. The lowest BCUT2D eigenvalue weighted by atomic mass is 10.0. The van der Waals surface area contributed by atoms with Crippen molar-refractivity contribution in [3.8, 4) is 0 Å². The van der Waals surface area contributed by atoms with Crippen LogP contribution in [0.25, 0.3) is 6.08 Å². The summed E-state index contributed by atoms with van der Waals surface area (Å²) in [5, 5.41) is 3.85. The fraction of sp³-hybridized carbons (Fsp3) is 0.412. The Labute approximate surface area is 144 Å². The molecule has 0 amide bonds. The van der Waals surface area contributed by atoms with Crippen molar-refractivity contribution in [3.05, 3.63) is 35.4 Å². The molecule has 2 aliphatic rings. The van der Waals surface area contributed by atoms with E-state index in [0.29, 0.717) is 29.2 Å². The number of rotatable bonds is 0. The summed E-state index contributed by atoms with van der Waals surface area (Å²) in [5.74, 6) is 6.18. The van der Waals surface area contributed by atoms with Gasteiger partial charge in [0.2, 0.25) is 0 Å². The van der Waals surface area contributed by atoms with E-state index in [2.05, 4.69) is 19.9 Å². The van der Waals surface area contributed by atoms with Gasteiger partial charge in [0.1, 0.15) is 5.71 Å². The fourth-order valence-corrected chi connectivity index (χ4v) is 2.92. The lowest BCUT2D eigenvalue weighted by Crippen LogP contribution is -2.49. The number of aliphatic imine (C=N–C) groups is 1. The molecular formula is C17H20F3N5. The molecule has 2 N–H and O–H groups in total. The summed E-state index contributed by atoms with van der Waals surface area (Å²) < 4.78 is 38.9. The molecule has 1 aromatic carbocycles. The van der Waals surface area contributed by atoms with Gasteiger partial charge in [-0.15, -0.1) is 0 Å². The number of alkyl halides is 3. The Morgan fingerprint density at radius 2 is 1.88 bits per heavy atom. The van der Waals surface area contributed by atoms with Crippen molar-refractivity contribution in [2.24, 2.45) is 15.9 Å². The standard InChI is InChI=1S/C17H20F3N5/c1-24-7-9-25(10-8-24)16-15(23-21)4-2-3-12-11-13(17(18,19)20)5-6-14(12)22-16/h2-3,5-6,11H,4,7-10,21H2,1H3/b3-2+,22-16?,23-15+. The molecule has 3 rings (SSSR count). The van der Waals surface area contributed by atoms with Crippen molar-refractivity contribution in [2.45, 2.75) is 12.6 Å².